The zero-order valence-corrected chi connectivity index (χ0v) is 13.5. The maximum absolute atomic E-state index is 12.1. The monoisotopic (exact) mass is 296 g/mol. The topological polar surface area (TPSA) is 32.3 Å². The average Bonchev–Trinajstić information content (AvgIpc) is 2.54. The van der Waals surface area contributed by atoms with Crippen LogP contribution in [0.15, 0.2) is 54.6 Å². The molecular weight excluding hydrogens is 272 g/mol. The molecule has 22 heavy (non-hydrogen) atoms. The number of hydrogen-bond acceptors (Lipinski definition) is 2. The van der Waals surface area contributed by atoms with Crippen LogP contribution in [0.5, 0.6) is 0 Å². The van der Waals surface area contributed by atoms with E-state index in [1.807, 2.05) is 48.5 Å². The lowest BCUT2D eigenvalue weighted by molar-refractivity contribution is -0.115. The molecule has 0 fully saturated rings. The number of nitrogens with one attached hydrogen (secondary N) is 1. The molecule has 2 aromatic carbocycles. The third kappa shape index (κ3) is 4.35. The fraction of sp³-hybridized carbons (Fsp3) is 0.316. The number of benzene rings is 2. The first kappa shape index (κ1) is 16.1. The van der Waals surface area contributed by atoms with E-state index in [4.69, 9.17) is 0 Å². The zero-order valence-electron chi connectivity index (χ0n) is 13.5. The van der Waals surface area contributed by atoms with Crippen LogP contribution in [-0.4, -0.2) is 19.0 Å². The van der Waals surface area contributed by atoms with Gasteiger partial charge >= 0.3 is 0 Å². The number of carbonyl (C=O) groups is 1. The van der Waals surface area contributed by atoms with Gasteiger partial charge < -0.3 is 10.2 Å². The molecule has 0 bridgehead atoms. The molecular formula is C19H24N2O. The molecule has 0 saturated carbocycles. The van der Waals surface area contributed by atoms with Crippen LogP contribution in [0.4, 0.5) is 11.4 Å². The zero-order chi connectivity index (χ0) is 15.9. The maximum Gasteiger partial charge on any atom is 0.228 e. The largest absolute Gasteiger partial charge is 0.372 e. The number of anilines is 2. The van der Waals surface area contributed by atoms with Crippen molar-refractivity contribution in [2.45, 2.75) is 32.7 Å². The predicted molar refractivity (Wildman–Crippen MR) is 93.4 cm³/mol. The van der Waals surface area contributed by atoms with Gasteiger partial charge in [-0.05, 0) is 37.1 Å². The summed E-state index contributed by atoms with van der Waals surface area (Å²) in [5.74, 6) is 0.00884. The Morgan fingerprint density at radius 3 is 2.55 bits per heavy atom. The summed E-state index contributed by atoms with van der Waals surface area (Å²) in [6.07, 6.45) is 1.48. The van der Waals surface area contributed by atoms with Gasteiger partial charge in [0.1, 0.15) is 0 Å². The highest BCUT2D eigenvalue weighted by molar-refractivity contribution is 5.92. The predicted octanol–water partition coefficient (Wildman–Crippen LogP) is 4.10. The van der Waals surface area contributed by atoms with Crippen LogP contribution in [0.25, 0.3) is 0 Å². The van der Waals surface area contributed by atoms with Crippen molar-refractivity contribution in [3.8, 4) is 0 Å². The van der Waals surface area contributed by atoms with E-state index in [0.29, 0.717) is 12.5 Å². The van der Waals surface area contributed by atoms with Crippen molar-refractivity contribution in [3.63, 3.8) is 0 Å². The molecule has 0 aliphatic rings. The van der Waals surface area contributed by atoms with Crippen LogP contribution < -0.4 is 10.2 Å². The Hall–Kier alpha value is -2.29. The van der Waals surface area contributed by atoms with Crippen molar-refractivity contribution in [2.75, 3.05) is 17.3 Å². The number of rotatable bonds is 6. The van der Waals surface area contributed by atoms with E-state index < -0.39 is 0 Å². The fourth-order valence-corrected chi connectivity index (χ4v) is 2.32. The first-order valence-corrected chi connectivity index (χ1v) is 7.77. The van der Waals surface area contributed by atoms with Gasteiger partial charge in [0.05, 0.1) is 6.42 Å². The number of carbonyl (C=O) groups excluding carboxylic acids is 1. The third-order valence-electron chi connectivity index (χ3n) is 4.00. The highest BCUT2D eigenvalue weighted by Crippen LogP contribution is 2.21. The van der Waals surface area contributed by atoms with Crippen molar-refractivity contribution in [1.82, 2.24) is 0 Å². The smallest absolute Gasteiger partial charge is 0.228 e. The molecule has 0 saturated heterocycles. The average molecular weight is 296 g/mol. The molecule has 1 atom stereocenters. The minimum absolute atomic E-state index is 0.00884. The molecule has 0 heterocycles. The van der Waals surface area contributed by atoms with E-state index in [9.17, 15) is 4.79 Å². The molecule has 0 aliphatic carbocycles. The lowest BCUT2D eigenvalue weighted by atomic mass is 10.1. The standard InChI is InChI=1S/C19H24N2O/c1-4-15(2)21(3)18-12-8-11-17(14-18)20-19(22)13-16-9-6-5-7-10-16/h5-12,14-15H,4,13H2,1-3H3,(H,20,22). The SMILES string of the molecule is CCC(C)N(C)c1cccc(NC(=O)Cc2ccccc2)c1. The number of hydrogen-bond donors (Lipinski definition) is 1. The normalized spacial score (nSPS) is 11.8. The highest BCUT2D eigenvalue weighted by Gasteiger charge is 2.09. The second-order valence-electron chi connectivity index (χ2n) is 5.63. The Morgan fingerprint density at radius 2 is 1.86 bits per heavy atom. The van der Waals surface area contributed by atoms with Crippen molar-refractivity contribution in [2.24, 2.45) is 0 Å². The van der Waals surface area contributed by atoms with Crippen LogP contribution in [0, 0.1) is 0 Å². The molecule has 0 radical (unpaired) electrons. The first-order chi connectivity index (χ1) is 10.6. The summed E-state index contributed by atoms with van der Waals surface area (Å²) in [6.45, 7) is 4.37. The van der Waals surface area contributed by atoms with Crippen molar-refractivity contribution < 1.29 is 4.79 Å². The van der Waals surface area contributed by atoms with Gasteiger partial charge in [0, 0.05) is 24.5 Å². The van der Waals surface area contributed by atoms with Crippen LogP contribution in [0.2, 0.25) is 0 Å². The second-order valence-corrected chi connectivity index (χ2v) is 5.63. The lowest BCUT2D eigenvalue weighted by Crippen LogP contribution is -2.28. The van der Waals surface area contributed by atoms with Crippen LogP contribution in [0.1, 0.15) is 25.8 Å². The van der Waals surface area contributed by atoms with Crippen molar-refractivity contribution in [3.05, 3.63) is 60.2 Å². The highest BCUT2D eigenvalue weighted by atomic mass is 16.1. The molecule has 2 aromatic rings. The van der Waals surface area contributed by atoms with E-state index >= 15 is 0 Å². The Bertz CT molecular complexity index is 610. The van der Waals surface area contributed by atoms with Crippen LogP contribution in [-0.2, 0) is 11.2 Å². The number of amides is 1. The molecule has 0 aliphatic heterocycles. The summed E-state index contributed by atoms with van der Waals surface area (Å²) in [7, 11) is 2.08. The Balaban J connectivity index is 2.02. The lowest BCUT2D eigenvalue weighted by Gasteiger charge is -2.26. The summed E-state index contributed by atoms with van der Waals surface area (Å²) < 4.78 is 0. The van der Waals surface area contributed by atoms with Crippen molar-refractivity contribution >= 4 is 17.3 Å². The van der Waals surface area contributed by atoms with Gasteiger partial charge in [-0.1, -0.05) is 43.3 Å². The van der Waals surface area contributed by atoms with Gasteiger partial charge in [0.15, 0.2) is 0 Å². The van der Waals surface area contributed by atoms with E-state index in [-0.39, 0.29) is 5.91 Å². The summed E-state index contributed by atoms with van der Waals surface area (Å²) in [4.78, 5) is 14.4. The summed E-state index contributed by atoms with van der Waals surface area (Å²) in [6, 6.07) is 18.2. The van der Waals surface area contributed by atoms with Gasteiger partial charge in [-0.3, -0.25) is 4.79 Å². The Labute approximate surface area is 133 Å². The molecule has 0 aromatic heterocycles. The molecule has 1 N–H and O–H groups in total. The first-order valence-electron chi connectivity index (χ1n) is 7.77. The Morgan fingerprint density at radius 1 is 1.14 bits per heavy atom. The van der Waals surface area contributed by atoms with Gasteiger partial charge in [-0.2, -0.15) is 0 Å². The minimum Gasteiger partial charge on any atom is -0.372 e. The molecule has 1 unspecified atom stereocenters. The molecule has 0 spiro atoms. The quantitative estimate of drug-likeness (QED) is 0.870. The van der Waals surface area contributed by atoms with E-state index in [1.165, 1.54) is 0 Å². The molecule has 116 valence electrons. The van der Waals surface area contributed by atoms with Gasteiger partial charge in [0.2, 0.25) is 5.91 Å². The fourth-order valence-electron chi connectivity index (χ4n) is 2.32. The third-order valence-corrected chi connectivity index (χ3v) is 4.00. The molecule has 2 rings (SSSR count). The van der Waals surface area contributed by atoms with Gasteiger partial charge in [-0.25, -0.2) is 0 Å². The van der Waals surface area contributed by atoms with Crippen LogP contribution >= 0.6 is 0 Å². The summed E-state index contributed by atoms with van der Waals surface area (Å²) >= 11 is 0. The molecule has 3 heteroatoms. The maximum atomic E-state index is 12.1. The van der Waals surface area contributed by atoms with E-state index in [1.54, 1.807) is 0 Å². The molecule has 1 amide bonds. The summed E-state index contributed by atoms with van der Waals surface area (Å²) in [5, 5.41) is 2.98. The summed E-state index contributed by atoms with van der Waals surface area (Å²) in [5.41, 5.74) is 2.98. The Kier molecular flexibility index (Phi) is 5.59. The minimum atomic E-state index is 0.00884. The van der Waals surface area contributed by atoms with E-state index in [0.717, 1.165) is 23.4 Å². The van der Waals surface area contributed by atoms with E-state index in [2.05, 4.69) is 37.2 Å². The molecule has 3 nitrogen and oxygen atoms in total. The van der Waals surface area contributed by atoms with Gasteiger partial charge in [0.25, 0.3) is 0 Å². The van der Waals surface area contributed by atoms with Gasteiger partial charge in [-0.15, -0.1) is 0 Å². The number of nitrogens with zero attached hydrogens (tertiary/aromatic N) is 1. The van der Waals surface area contributed by atoms with Crippen LogP contribution in [0.3, 0.4) is 0 Å². The second kappa shape index (κ2) is 7.64. The van der Waals surface area contributed by atoms with Crippen molar-refractivity contribution in [1.29, 1.82) is 0 Å².